The van der Waals surface area contributed by atoms with E-state index in [2.05, 4.69) is 22.1 Å². The Labute approximate surface area is 193 Å². The van der Waals surface area contributed by atoms with Crippen LogP contribution in [0.4, 0.5) is 5.69 Å². The number of halogens is 3. The van der Waals surface area contributed by atoms with E-state index >= 15 is 0 Å². The van der Waals surface area contributed by atoms with Crippen molar-refractivity contribution in [1.29, 1.82) is 0 Å². The van der Waals surface area contributed by atoms with Gasteiger partial charge in [0.1, 0.15) is 12.4 Å². The zero-order chi connectivity index (χ0) is 21.5. The molecule has 0 saturated heterocycles. The van der Waals surface area contributed by atoms with E-state index in [1.807, 2.05) is 16.7 Å². The highest BCUT2D eigenvalue weighted by Crippen LogP contribution is 2.26. The zero-order valence-corrected chi connectivity index (χ0v) is 18.7. The Balaban J connectivity index is 1.62. The van der Waals surface area contributed by atoms with Crippen molar-refractivity contribution in [3.05, 3.63) is 76.0 Å². The van der Waals surface area contributed by atoms with Crippen molar-refractivity contribution in [2.45, 2.75) is 18.3 Å². The molecule has 1 N–H and O–H groups in total. The number of anilines is 1. The molecule has 0 bridgehead atoms. The van der Waals surface area contributed by atoms with E-state index in [1.165, 1.54) is 11.8 Å². The summed E-state index contributed by atoms with van der Waals surface area (Å²) in [5.41, 5.74) is 0.566. The second-order valence-electron chi connectivity index (χ2n) is 5.98. The van der Waals surface area contributed by atoms with Gasteiger partial charge in [-0.05, 0) is 30.3 Å². The minimum absolute atomic E-state index is 0.140. The van der Waals surface area contributed by atoms with Gasteiger partial charge in [0.2, 0.25) is 5.91 Å². The molecule has 156 valence electrons. The fourth-order valence-corrected chi connectivity index (χ4v) is 3.71. The summed E-state index contributed by atoms with van der Waals surface area (Å²) in [6.07, 6.45) is 1.72. The van der Waals surface area contributed by atoms with E-state index in [-0.39, 0.29) is 18.3 Å². The van der Waals surface area contributed by atoms with Gasteiger partial charge in [-0.1, -0.05) is 64.8 Å². The number of aromatic nitrogens is 3. The number of benzene rings is 2. The third-order valence-corrected chi connectivity index (χ3v) is 5.85. The van der Waals surface area contributed by atoms with Gasteiger partial charge in [0.15, 0.2) is 11.0 Å². The Hall–Kier alpha value is -2.19. The van der Waals surface area contributed by atoms with Crippen LogP contribution in [0.15, 0.2) is 60.3 Å². The number of rotatable bonds is 9. The number of para-hydroxylation sites is 1. The molecule has 1 aromatic heterocycles. The lowest BCUT2D eigenvalue weighted by molar-refractivity contribution is -0.113. The summed E-state index contributed by atoms with van der Waals surface area (Å²) in [7, 11) is 0. The van der Waals surface area contributed by atoms with Gasteiger partial charge in [-0.25, -0.2) is 0 Å². The predicted octanol–water partition coefficient (Wildman–Crippen LogP) is 5.73. The topological polar surface area (TPSA) is 69.0 Å². The molecule has 1 amide bonds. The van der Waals surface area contributed by atoms with Crippen LogP contribution in [0, 0.1) is 0 Å². The molecular formula is C20H17Cl3N4O2S. The largest absolute Gasteiger partial charge is 0.484 e. The Morgan fingerprint density at radius 2 is 1.93 bits per heavy atom. The summed E-state index contributed by atoms with van der Waals surface area (Å²) in [5.74, 6) is 1.09. The fraction of sp³-hybridized carbons (Fsp3) is 0.150. The number of nitrogens with one attached hydrogen (secondary N) is 1. The van der Waals surface area contributed by atoms with Gasteiger partial charge in [0.05, 0.1) is 20.8 Å². The summed E-state index contributed by atoms with van der Waals surface area (Å²) in [5, 5.41) is 13.0. The molecule has 1 heterocycles. The van der Waals surface area contributed by atoms with Crippen LogP contribution < -0.4 is 10.1 Å². The van der Waals surface area contributed by atoms with Crippen LogP contribution in [0.25, 0.3) is 0 Å². The van der Waals surface area contributed by atoms with Gasteiger partial charge in [0.25, 0.3) is 0 Å². The van der Waals surface area contributed by atoms with E-state index in [0.717, 1.165) is 0 Å². The van der Waals surface area contributed by atoms with Crippen LogP contribution in [0.5, 0.6) is 5.75 Å². The third-order valence-electron chi connectivity index (χ3n) is 3.83. The van der Waals surface area contributed by atoms with Crippen molar-refractivity contribution in [3.8, 4) is 5.75 Å². The molecule has 0 aliphatic rings. The lowest BCUT2D eigenvalue weighted by Gasteiger charge is -2.10. The number of amides is 1. The number of carbonyl (C=O) groups is 1. The average Bonchev–Trinajstić information content (AvgIpc) is 3.10. The van der Waals surface area contributed by atoms with Crippen molar-refractivity contribution in [3.63, 3.8) is 0 Å². The van der Waals surface area contributed by atoms with Gasteiger partial charge in [-0.15, -0.1) is 16.8 Å². The minimum atomic E-state index is -0.208. The summed E-state index contributed by atoms with van der Waals surface area (Å²) in [4.78, 5) is 12.3. The number of allylic oxidation sites excluding steroid dienone is 1. The van der Waals surface area contributed by atoms with Crippen molar-refractivity contribution < 1.29 is 9.53 Å². The maximum Gasteiger partial charge on any atom is 0.234 e. The third kappa shape index (κ3) is 5.92. The van der Waals surface area contributed by atoms with Crippen molar-refractivity contribution >= 4 is 58.2 Å². The van der Waals surface area contributed by atoms with E-state index in [1.54, 1.807) is 36.4 Å². The Morgan fingerprint density at radius 3 is 2.67 bits per heavy atom. The number of thioether (sulfide) groups is 1. The molecule has 2 aromatic carbocycles. The lowest BCUT2D eigenvalue weighted by Crippen LogP contribution is -2.15. The normalized spacial score (nSPS) is 10.6. The summed E-state index contributed by atoms with van der Waals surface area (Å²) >= 11 is 19.2. The maximum absolute atomic E-state index is 12.3. The fourth-order valence-electron chi connectivity index (χ4n) is 2.45. The van der Waals surface area contributed by atoms with E-state index in [9.17, 15) is 4.79 Å². The Morgan fingerprint density at radius 1 is 1.13 bits per heavy atom. The molecule has 0 aliphatic carbocycles. The van der Waals surface area contributed by atoms with E-state index < -0.39 is 0 Å². The Bertz CT molecular complexity index is 1060. The second-order valence-corrected chi connectivity index (χ2v) is 8.15. The molecule has 0 unspecified atom stereocenters. The summed E-state index contributed by atoms with van der Waals surface area (Å²) < 4.78 is 7.58. The second kappa shape index (κ2) is 10.7. The molecule has 6 nitrogen and oxygen atoms in total. The molecule has 0 spiro atoms. The molecule has 3 rings (SSSR count). The van der Waals surface area contributed by atoms with Gasteiger partial charge in [-0.2, -0.15) is 0 Å². The van der Waals surface area contributed by atoms with E-state index in [4.69, 9.17) is 39.5 Å². The first-order valence-corrected chi connectivity index (χ1v) is 10.9. The minimum Gasteiger partial charge on any atom is -0.484 e. The highest BCUT2D eigenvalue weighted by molar-refractivity contribution is 7.99. The van der Waals surface area contributed by atoms with Crippen molar-refractivity contribution in [2.24, 2.45) is 0 Å². The molecule has 0 aliphatic heterocycles. The first kappa shape index (κ1) is 22.5. The highest BCUT2D eigenvalue weighted by Gasteiger charge is 2.15. The molecule has 0 atom stereocenters. The summed E-state index contributed by atoms with van der Waals surface area (Å²) in [6.45, 7) is 4.42. The standard InChI is InChI=1S/C20H17Cl3N4O2S/c1-2-9-27-18(11-29-17-6-4-3-5-15(17)22)25-26-20(27)30-12-19(28)24-13-7-8-14(21)16(23)10-13/h2-8,10H,1,9,11-12H2,(H,24,28). The van der Waals surface area contributed by atoms with Crippen LogP contribution in [0.3, 0.4) is 0 Å². The maximum atomic E-state index is 12.3. The van der Waals surface area contributed by atoms with Crippen LogP contribution in [-0.2, 0) is 17.9 Å². The number of ether oxygens (including phenoxy) is 1. The first-order valence-electron chi connectivity index (χ1n) is 8.76. The zero-order valence-electron chi connectivity index (χ0n) is 15.6. The van der Waals surface area contributed by atoms with Gasteiger partial charge in [-0.3, -0.25) is 9.36 Å². The first-order chi connectivity index (χ1) is 14.5. The summed E-state index contributed by atoms with van der Waals surface area (Å²) in [6, 6.07) is 12.1. The van der Waals surface area contributed by atoms with E-state index in [0.29, 0.717) is 44.0 Å². The monoisotopic (exact) mass is 482 g/mol. The SMILES string of the molecule is C=CCn1c(COc2ccccc2Cl)nnc1SCC(=O)Nc1ccc(Cl)c(Cl)c1. The molecule has 30 heavy (non-hydrogen) atoms. The number of hydrogen-bond acceptors (Lipinski definition) is 5. The predicted molar refractivity (Wildman–Crippen MR) is 122 cm³/mol. The van der Waals surface area contributed by atoms with Gasteiger partial charge in [0, 0.05) is 12.2 Å². The van der Waals surface area contributed by atoms with Gasteiger partial charge < -0.3 is 10.1 Å². The number of hydrogen-bond donors (Lipinski definition) is 1. The van der Waals surface area contributed by atoms with Crippen LogP contribution in [-0.4, -0.2) is 26.4 Å². The lowest BCUT2D eigenvalue weighted by atomic mass is 10.3. The van der Waals surface area contributed by atoms with Gasteiger partial charge >= 0.3 is 0 Å². The molecule has 3 aromatic rings. The molecule has 10 heteroatoms. The molecule has 0 saturated carbocycles. The molecular weight excluding hydrogens is 467 g/mol. The molecule has 0 radical (unpaired) electrons. The van der Waals surface area contributed by atoms with Crippen molar-refractivity contribution in [2.75, 3.05) is 11.1 Å². The highest BCUT2D eigenvalue weighted by atomic mass is 35.5. The smallest absolute Gasteiger partial charge is 0.234 e. The number of nitrogens with zero attached hydrogens (tertiary/aromatic N) is 3. The van der Waals surface area contributed by atoms with Crippen LogP contribution in [0.2, 0.25) is 15.1 Å². The van der Waals surface area contributed by atoms with Crippen molar-refractivity contribution in [1.82, 2.24) is 14.8 Å². The number of carbonyl (C=O) groups excluding carboxylic acids is 1. The van der Waals surface area contributed by atoms with Crippen LogP contribution >= 0.6 is 46.6 Å². The molecule has 0 fully saturated rings. The Kier molecular flexibility index (Phi) is 8.04. The quantitative estimate of drug-likeness (QED) is 0.311. The van der Waals surface area contributed by atoms with Crippen LogP contribution in [0.1, 0.15) is 5.82 Å². The average molecular weight is 484 g/mol.